The number of unbranched alkanes of at least 4 members (excludes halogenated alkanes) is 9. The van der Waals surface area contributed by atoms with Gasteiger partial charge in [-0.05, 0) is 13.3 Å². The highest BCUT2D eigenvalue weighted by Crippen LogP contribution is 2.19. The maximum atomic E-state index is 10.5. The van der Waals surface area contributed by atoms with E-state index in [-0.39, 0.29) is 6.42 Å². The number of aliphatic hydroxyl groups is 1. The molecule has 0 aromatic heterocycles. The molecule has 0 saturated carbocycles. The van der Waals surface area contributed by atoms with Crippen molar-refractivity contribution in [3.8, 4) is 0 Å². The molecule has 113 valence electrons. The van der Waals surface area contributed by atoms with Crippen molar-refractivity contribution in [3.05, 3.63) is 6.92 Å². The Morgan fingerprint density at radius 2 is 1.37 bits per heavy atom. The molecular formula is C16H31O3. The van der Waals surface area contributed by atoms with Crippen LogP contribution in [0.4, 0.5) is 0 Å². The third-order valence-electron chi connectivity index (χ3n) is 3.48. The van der Waals surface area contributed by atoms with Gasteiger partial charge < -0.3 is 10.2 Å². The summed E-state index contributed by atoms with van der Waals surface area (Å²) in [6, 6.07) is 0. The van der Waals surface area contributed by atoms with Crippen LogP contribution in [0.25, 0.3) is 0 Å². The monoisotopic (exact) mass is 271 g/mol. The van der Waals surface area contributed by atoms with Gasteiger partial charge in [-0.3, -0.25) is 4.79 Å². The molecule has 0 amide bonds. The third kappa shape index (κ3) is 13.7. The lowest BCUT2D eigenvalue weighted by molar-refractivity contribution is -0.141. The van der Waals surface area contributed by atoms with Crippen LogP contribution in [0.15, 0.2) is 0 Å². The number of hydrogen-bond donors (Lipinski definition) is 2. The fraction of sp³-hybridized carbons (Fsp3) is 0.875. The van der Waals surface area contributed by atoms with Crippen LogP contribution in [-0.4, -0.2) is 21.8 Å². The van der Waals surface area contributed by atoms with E-state index in [0.29, 0.717) is 6.42 Å². The number of hydrogen-bond acceptors (Lipinski definition) is 2. The minimum absolute atomic E-state index is 0.259. The molecule has 2 N–H and O–H groups in total. The van der Waals surface area contributed by atoms with Gasteiger partial charge in [0.05, 0.1) is 12.0 Å². The molecule has 0 aliphatic rings. The first-order chi connectivity index (χ1) is 8.98. The van der Waals surface area contributed by atoms with Crippen molar-refractivity contribution in [2.24, 2.45) is 0 Å². The molecule has 1 unspecified atom stereocenters. The molecule has 0 saturated heterocycles. The van der Waals surface area contributed by atoms with E-state index >= 15 is 0 Å². The lowest BCUT2D eigenvalue weighted by Crippen LogP contribution is -2.27. The highest BCUT2D eigenvalue weighted by molar-refractivity contribution is 5.68. The van der Waals surface area contributed by atoms with Crippen LogP contribution in [0.5, 0.6) is 0 Å². The Bertz CT molecular complexity index is 224. The van der Waals surface area contributed by atoms with Gasteiger partial charge in [-0.2, -0.15) is 0 Å². The van der Waals surface area contributed by atoms with Crippen LogP contribution < -0.4 is 0 Å². The summed E-state index contributed by atoms with van der Waals surface area (Å²) >= 11 is 0. The fourth-order valence-corrected chi connectivity index (χ4v) is 2.31. The van der Waals surface area contributed by atoms with Crippen molar-refractivity contribution < 1.29 is 15.0 Å². The van der Waals surface area contributed by atoms with Gasteiger partial charge in [0.15, 0.2) is 0 Å². The molecule has 19 heavy (non-hydrogen) atoms. The van der Waals surface area contributed by atoms with Crippen molar-refractivity contribution in [2.75, 3.05) is 0 Å². The minimum Gasteiger partial charge on any atom is -0.481 e. The Morgan fingerprint density at radius 3 is 1.79 bits per heavy atom. The van der Waals surface area contributed by atoms with E-state index in [4.69, 9.17) is 5.11 Å². The van der Waals surface area contributed by atoms with E-state index in [0.717, 1.165) is 12.8 Å². The summed E-state index contributed by atoms with van der Waals surface area (Å²) < 4.78 is 0. The zero-order valence-corrected chi connectivity index (χ0v) is 12.5. The first kappa shape index (κ1) is 18.4. The Labute approximate surface area is 118 Å². The lowest BCUT2D eigenvalue weighted by Gasteiger charge is -2.20. The molecule has 1 radical (unpaired) electrons. The summed E-state index contributed by atoms with van der Waals surface area (Å²) in [4.78, 5) is 10.5. The highest BCUT2D eigenvalue weighted by Gasteiger charge is 2.23. The predicted molar refractivity (Wildman–Crippen MR) is 79.0 cm³/mol. The molecule has 0 rings (SSSR count). The number of rotatable bonds is 13. The maximum Gasteiger partial charge on any atom is 0.306 e. The second-order valence-electron chi connectivity index (χ2n) is 5.73. The van der Waals surface area contributed by atoms with Gasteiger partial charge in [-0.15, -0.1) is 0 Å². The van der Waals surface area contributed by atoms with E-state index in [1.165, 1.54) is 51.4 Å². The molecule has 0 bridgehead atoms. The zero-order chi connectivity index (χ0) is 14.6. The van der Waals surface area contributed by atoms with Crippen molar-refractivity contribution >= 4 is 5.97 Å². The van der Waals surface area contributed by atoms with E-state index in [1.54, 1.807) is 0 Å². The van der Waals surface area contributed by atoms with E-state index in [9.17, 15) is 9.90 Å². The molecule has 0 aromatic carbocycles. The number of carboxylic acids is 1. The third-order valence-corrected chi connectivity index (χ3v) is 3.48. The van der Waals surface area contributed by atoms with E-state index in [2.05, 4.69) is 13.8 Å². The molecule has 0 aliphatic carbocycles. The smallest absolute Gasteiger partial charge is 0.306 e. The van der Waals surface area contributed by atoms with E-state index in [1.807, 2.05) is 0 Å². The van der Waals surface area contributed by atoms with Crippen LogP contribution in [0.2, 0.25) is 0 Å². The van der Waals surface area contributed by atoms with Crippen LogP contribution in [-0.2, 0) is 4.79 Å². The van der Waals surface area contributed by atoms with Gasteiger partial charge in [0, 0.05) is 0 Å². The highest BCUT2D eigenvalue weighted by atomic mass is 16.4. The summed E-state index contributed by atoms with van der Waals surface area (Å²) in [5, 5.41) is 18.3. The van der Waals surface area contributed by atoms with Gasteiger partial charge in [0.1, 0.15) is 0 Å². The van der Waals surface area contributed by atoms with Gasteiger partial charge in [0.2, 0.25) is 0 Å². The Morgan fingerprint density at radius 1 is 0.947 bits per heavy atom. The lowest BCUT2D eigenvalue weighted by atomic mass is 9.94. The summed E-state index contributed by atoms with van der Waals surface area (Å²) in [7, 11) is 0. The summed E-state index contributed by atoms with van der Waals surface area (Å²) in [6.45, 7) is 5.79. The van der Waals surface area contributed by atoms with E-state index < -0.39 is 11.6 Å². The molecule has 0 aromatic rings. The van der Waals surface area contributed by atoms with Crippen molar-refractivity contribution in [2.45, 2.75) is 89.6 Å². The largest absolute Gasteiger partial charge is 0.481 e. The maximum absolute atomic E-state index is 10.5. The fourth-order valence-electron chi connectivity index (χ4n) is 2.31. The molecule has 0 spiro atoms. The van der Waals surface area contributed by atoms with Gasteiger partial charge in [-0.25, -0.2) is 0 Å². The molecule has 0 fully saturated rings. The predicted octanol–water partition coefficient (Wildman–Crippen LogP) is 4.34. The second kappa shape index (κ2) is 11.3. The minimum atomic E-state index is -1.29. The van der Waals surface area contributed by atoms with Crippen molar-refractivity contribution in [3.63, 3.8) is 0 Å². The second-order valence-corrected chi connectivity index (χ2v) is 5.73. The SMILES string of the molecule is [CH2]C(O)(CCCCCCCCCCCC)CC(=O)O. The average Bonchev–Trinajstić information content (AvgIpc) is 2.30. The standard InChI is InChI=1S/C16H31O3/c1-3-4-5-6-7-8-9-10-11-12-13-16(2,19)14-15(17)18/h19H,2-14H2,1H3,(H,17,18). The van der Waals surface area contributed by atoms with Crippen LogP contribution in [0, 0.1) is 6.92 Å². The van der Waals surface area contributed by atoms with Crippen molar-refractivity contribution in [1.29, 1.82) is 0 Å². The zero-order valence-electron chi connectivity index (χ0n) is 12.5. The Balaban J connectivity index is 3.28. The van der Waals surface area contributed by atoms with Gasteiger partial charge in [-0.1, -0.05) is 71.1 Å². The first-order valence-electron chi connectivity index (χ1n) is 7.77. The van der Waals surface area contributed by atoms with Crippen LogP contribution in [0.3, 0.4) is 0 Å². The molecule has 0 heterocycles. The quantitative estimate of drug-likeness (QED) is 0.490. The van der Waals surface area contributed by atoms with Crippen LogP contribution >= 0.6 is 0 Å². The van der Waals surface area contributed by atoms with Gasteiger partial charge >= 0.3 is 5.97 Å². The molecule has 3 heteroatoms. The average molecular weight is 271 g/mol. The molecular weight excluding hydrogens is 240 g/mol. The van der Waals surface area contributed by atoms with Crippen molar-refractivity contribution in [1.82, 2.24) is 0 Å². The number of aliphatic carboxylic acids is 1. The first-order valence-corrected chi connectivity index (χ1v) is 7.77. The Kier molecular flexibility index (Phi) is 10.9. The number of carboxylic acid groups (broad SMARTS) is 1. The molecule has 1 atom stereocenters. The topological polar surface area (TPSA) is 57.5 Å². The number of carbonyl (C=O) groups is 1. The summed E-state index contributed by atoms with van der Waals surface area (Å²) in [6.07, 6.45) is 12.6. The summed E-state index contributed by atoms with van der Waals surface area (Å²) in [5.74, 6) is -0.982. The normalized spacial score (nSPS) is 14.3. The van der Waals surface area contributed by atoms with Gasteiger partial charge in [0.25, 0.3) is 0 Å². The molecule has 3 nitrogen and oxygen atoms in total. The van der Waals surface area contributed by atoms with Crippen LogP contribution in [0.1, 0.15) is 84.0 Å². The molecule has 0 aliphatic heterocycles. The Hall–Kier alpha value is -0.570. The summed E-state index contributed by atoms with van der Waals surface area (Å²) in [5.41, 5.74) is -1.29.